The monoisotopic (exact) mass is 359 g/mol. The Hall–Kier alpha value is -3.94. The van der Waals surface area contributed by atoms with Crippen LogP contribution in [-0.4, -0.2) is 25.6 Å². The van der Waals surface area contributed by atoms with E-state index < -0.39 is 6.03 Å². The topological polar surface area (TPSA) is 110 Å². The van der Waals surface area contributed by atoms with Crippen LogP contribution in [0.15, 0.2) is 67.0 Å². The van der Waals surface area contributed by atoms with Crippen molar-refractivity contribution >= 4 is 23.3 Å². The Morgan fingerprint density at radius 1 is 1.07 bits per heavy atom. The molecule has 0 aliphatic carbocycles. The number of carbonyl (C=O) groups excluding carboxylic acids is 1. The number of aromatic nitrogens is 4. The van der Waals surface area contributed by atoms with Gasteiger partial charge in [-0.2, -0.15) is 14.6 Å². The molecule has 134 valence electrons. The number of hydrogen-bond donors (Lipinski definition) is 3. The zero-order valence-corrected chi connectivity index (χ0v) is 14.3. The number of nitrogens with one attached hydrogen (secondary N) is 2. The largest absolute Gasteiger partial charge is 0.366 e. The molecule has 0 atom stereocenters. The molecule has 2 amide bonds. The molecule has 0 saturated carbocycles. The molecule has 8 nitrogen and oxygen atoms in total. The van der Waals surface area contributed by atoms with E-state index in [1.54, 1.807) is 16.6 Å². The van der Waals surface area contributed by atoms with Gasteiger partial charge in [0.2, 0.25) is 0 Å². The van der Waals surface area contributed by atoms with Crippen LogP contribution in [0.2, 0.25) is 0 Å². The first-order valence-corrected chi connectivity index (χ1v) is 8.34. The van der Waals surface area contributed by atoms with Crippen molar-refractivity contribution in [1.82, 2.24) is 19.6 Å². The maximum atomic E-state index is 10.9. The van der Waals surface area contributed by atoms with Crippen molar-refractivity contribution in [2.75, 3.05) is 10.6 Å². The van der Waals surface area contributed by atoms with Gasteiger partial charge in [0.15, 0.2) is 0 Å². The Bertz CT molecular complexity index is 1070. The van der Waals surface area contributed by atoms with Gasteiger partial charge in [0.25, 0.3) is 5.78 Å². The zero-order valence-electron chi connectivity index (χ0n) is 14.3. The summed E-state index contributed by atoms with van der Waals surface area (Å²) in [4.78, 5) is 19.7. The summed E-state index contributed by atoms with van der Waals surface area (Å²) in [5.74, 6) is 1.32. The molecule has 2 heterocycles. The number of primary amides is 1. The minimum Gasteiger partial charge on any atom is -0.366 e. The highest BCUT2D eigenvalue weighted by Gasteiger charge is 2.09. The molecule has 27 heavy (non-hydrogen) atoms. The first-order chi connectivity index (χ1) is 13.2. The molecule has 2 aromatic carbocycles. The summed E-state index contributed by atoms with van der Waals surface area (Å²) >= 11 is 0. The first-order valence-electron chi connectivity index (χ1n) is 8.34. The van der Waals surface area contributed by atoms with Gasteiger partial charge in [0.05, 0.1) is 5.69 Å². The lowest BCUT2D eigenvalue weighted by molar-refractivity contribution is 0.259. The smallest absolute Gasteiger partial charge is 0.316 e. The van der Waals surface area contributed by atoms with Crippen LogP contribution in [0, 0.1) is 0 Å². The summed E-state index contributed by atoms with van der Waals surface area (Å²) in [6.07, 6.45) is 1.48. The normalized spacial score (nSPS) is 10.7. The van der Waals surface area contributed by atoms with Crippen molar-refractivity contribution < 1.29 is 4.79 Å². The third kappa shape index (κ3) is 3.69. The van der Waals surface area contributed by atoms with Gasteiger partial charge in [0, 0.05) is 23.9 Å². The van der Waals surface area contributed by atoms with Crippen LogP contribution < -0.4 is 16.4 Å². The maximum absolute atomic E-state index is 10.9. The molecule has 2 aromatic heterocycles. The van der Waals surface area contributed by atoms with Crippen molar-refractivity contribution in [3.05, 3.63) is 72.6 Å². The first kappa shape index (κ1) is 16.5. The minimum atomic E-state index is -0.584. The number of anilines is 2. The molecule has 0 spiro atoms. The van der Waals surface area contributed by atoms with Crippen LogP contribution in [0.25, 0.3) is 17.0 Å². The third-order valence-corrected chi connectivity index (χ3v) is 4.02. The van der Waals surface area contributed by atoms with Crippen LogP contribution in [-0.2, 0) is 6.54 Å². The lowest BCUT2D eigenvalue weighted by Crippen LogP contribution is -2.19. The number of fused-ring (bicyclic) bond motifs is 1. The van der Waals surface area contributed by atoms with Gasteiger partial charge in [-0.15, -0.1) is 0 Å². The lowest BCUT2D eigenvalue weighted by Gasteiger charge is -2.11. The summed E-state index contributed by atoms with van der Waals surface area (Å²) in [6.45, 7) is 0.573. The summed E-state index contributed by atoms with van der Waals surface area (Å²) < 4.78 is 1.66. The molecule has 0 bridgehead atoms. The molecule has 4 aromatic rings. The van der Waals surface area contributed by atoms with E-state index in [0.29, 0.717) is 18.0 Å². The highest BCUT2D eigenvalue weighted by molar-refractivity contribution is 5.87. The molecular weight excluding hydrogens is 342 g/mol. The average Bonchev–Trinajstić information content (AvgIpc) is 3.16. The van der Waals surface area contributed by atoms with Crippen molar-refractivity contribution in [1.29, 1.82) is 0 Å². The molecule has 0 aliphatic heterocycles. The molecular formula is C19H17N7O. The fourth-order valence-electron chi connectivity index (χ4n) is 2.74. The number of hydrogen-bond acceptors (Lipinski definition) is 5. The second kappa shape index (κ2) is 7.12. The van der Waals surface area contributed by atoms with Crippen LogP contribution in [0.4, 0.5) is 16.3 Å². The Balaban J connectivity index is 1.58. The Morgan fingerprint density at radius 3 is 2.59 bits per heavy atom. The van der Waals surface area contributed by atoms with E-state index in [9.17, 15) is 4.79 Å². The average molecular weight is 359 g/mol. The molecule has 0 aliphatic rings. The van der Waals surface area contributed by atoms with Crippen LogP contribution in [0.1, 0.15) is 5.56 Å². The number of nitrogens with zero attached hydrogens (tertiary/aromatic N) is 4. The molecule has 8 heteroatoms. The molecule has 0 radical (unpaired) electrons. The van der Waals surface area contributed by atoms with Crippen LogP contribution in [0.5, 0.6) is 0 Å². The van der Waals surface area contributed by atoms with E-state index in [2.05, 4.69) is 25.7 Å². The SMILES string of the molecule is NC(=O)Nc1ccc(CNc2cc(-c3ccccc3)nc3ncnn23)cc1. The van der Waals surface area contributed by atoms with Crippen LogP contribution >= 0.6 is 0 Å². The standard InChI is InChI=1S/C19H17N7O/c20-18(27)24-15-8-6-13(7-9-15)11-21-17-10-16(14-4-2-1-3-5-14)25-19-22-12-23-26(17)19/h1-10,12,21H,11H2,(H3,20,24,27). The minimum absolute atomic E-state index is 0.528. The van der Waals surface area contributed by atoms with E-state index in [0.717, 1.165) is 22.6 Å². The highest BCUT2D eigenvalue weighted by atomic mass is 16.2. The molecule has 4 N–H and O–H groups in total. The zero-order chi connectivity index (χ0) is 18.6. The summed E-state index contributed by atoms with van der Waals surface area (Å²) in [5.41, 5.74) is 8.64. The second-order valence-corrected chi connectivity index (χ2v) is 5.90. The number of urea groups is 1. The Labute approximate surface area is 155 Å². The van der Waals surface area contributed by atoms with Gasteiger partial charge in [-0.05, 0) is 17.7 Å². The van der Waals surface area contributed by atoms with Gasteiger partial charge in [-0.1, -0.05) is 42.5 Å². The van der Waals surface area contributed by atoms with E-state index in [-0.39, 0.29) is 0 Å². The Kier molecular flexibility index (Phi) is 4.36. The van der Waals surface area contributed by atoms with Gasteiger partial charge in [0.1, 0.15) is 12.1 Å². The van der Waals surface area contributed by atoms with Crippen molar-refractivity contribution in [2.45, 2.75) is 6.54 Å². The fourth-order valence-corrected chi connectivity index (χ4v) is 2.74. The molecule has 0 saturated heterocycles. The van der Waals surface area contributed by atoms with Crippen LogP contribution in [0.3, 0.4) is 0 Å². The van der Waals surface area contributed by atoms with Gasteiger partial charge in [-0.25, -0.2) is 9.78 Å². The molecule has 0 unspecified atom stereocenters. The summed E-state index contributed by atoms with van der Waals surface area (Å²) in [6, 6.07) is 18.7. The van der Waals surface area contributed by atoms with E-state index >= 15 is 0 Å². The van der Waals surface area contributed by atoms with Crippen molar-refractivity contribution in [2.24, 2.45) is 5.73 Å². The van der Waals surface area contributed by atoms with E-state index in [4.69, 9.17) is 5.73 Å². The van der Waals surface area contributed by atoms with Gasteiger partial charge < -0.3 is 16.4 Å². The highest BCUT2D eigenvalue weighted by Crippen LogP contribution is 2.21. The Morgan fingerprint density at radius 2 is 1.85 bits per heavy atom. The van der Waals surface area contributed by atoms with Crippen molar-refractivity contribution in [3.63, 3.8) is 0 Å². The third-order valence-electron chi connectivity index (χ3n) is 4.02. The van der Waals surface area contributed by atoms with E-state index in [1.807, 2.05) is 48.5 Å². The lowest BCUT2D eigenvalue weighted by atomic mass is 10.1. The number of rotatable bonds is 5. The number of amides is 2. The van der Waals surface area contributed by atoms with E-state index in [1.165, 1.54) is 6.33 Å². The quantitative estimate of drug-likeness (QED) is 0.507. The molecule has 4 rings (SSSR count). The fraction of sp³-hybridized carbons (Fsp3) is 0.0526. The number of carbonyl (C=O) groups is 1. The summed E-state index contributed by atoms with van der Waals surface area (Å²) in [5, 5.41) is 10.1. The predicted molar refractivity (Wildman–Crippen MR) is 103 cm³/mol. The summed E-state index contributed by atoms with van der Waals surface area (Å²) in [7, 11) is 0. The van der Waals surface area contributed by atoms with Gasteiger partial charge in [-0.3, -0.25) is 0 Å². The maximum Gasteiger partial charge on any atom is 0.316 e. The number of benzene rings is 2. The van der Waals surface area contributed by atoms with Crippen molar-refractivity contribution in [3.8, 4) is 11.3 Å². The van der Waals surface area contributed by atoms with Gasteiger partial charge >= 0.3 is 6.03 Å². The number of nitrogens with two attached hydrogens (primary N) is 1. The second-order valence-electron chi connectivity index (χ2n) is 5.90. The predicted octanol–water partition coefficient (Wildman–Crippen LogP) is 2.89. The molecule has 0 fully saturated rings.